The van der Waals surface area contributed by atoms with Crippen molar-refractivity contribution in [2.24, 2.45) is 10.3 Å². The summed E-state index contributed by atoms with van der Waals surface area (Å²) >= 11 is 0. The number of rotatable bonds is 6. The van der Waals surface area contributed by atoms with Gasteiger partial charge in [-0.2, -0.15) is 0 Å². The minimum absolute atomic E-state index is 0.000473. The number of hydrogen-bond donors (Lipinski definition) is 0. The Labute approximate surface area is 134 Å². The topological polar surface area (TPSA) is 69.5 Å². The van der Waals surface area contributed by atoms with Crippen molar-refractivity contribution < 1.29 is 19.2 Å². The van der Waals surface area contributed by atoms with Gasteiger partial charge in [-0.1, -0.05) is 52.8 Å². The predicted molar refractivity (Wildman–Crippen MR) is 86.7 cm³/mol. The zero-order chi connectivity index (χ0) is 16.5. The van der Waals surface area contributed by atoms with Crippen LogP contribution in [0.15, 0.2) is 64.9 Å². The first-order chi connectivity index (χ1) is 11.3. The molecule has 0 unspecified atom stereocenters. The molecule has 0 saturated heterocycles. The number of ether oxygens (including phenoxy) is 1. The van der Waals surface area contributed by atoms with E-state index in [0.717, 1.165) is 5.56 Å². The number of para-hydroxylation sites is 1. The van der Waals surface area contributed by atoms with Gasteiger partial charge in [-0.15, -0.1) is 0 Å². The zero-order valence-corrected chi connectivity index (χ0v) is 12.8. The number of benzene rings is 2. The van der Waals surface area contributed by atoms with E-state index in [0.29, 0.717) is 11.3 Å². The first-order valence-corrected chi connectivity index (χ1v) is 6.80. The lowest BCUT2D eigenvalue weighted by Gasteiger charge is -2.07. The van der Waals surface area contributed by atoms with Crippen molar-refractivity contribution in [3.05, 3.63) is 65.7 Å². The van der Waals surface area contributed by atoms with Crippen molar-refractivity contribution in [2.45, 2.75) is 0 Å². The van der Waals surface area contributed by atoms with E-state index in [1.165, 1.54) is 14.2 Å². The van der Waals surface area contributed by atoms with Crippen LogP contribution < -0.4 is 4.84 Å². The summed E-state index contributed by atoms with van der Waals surface area (Å²) in [5.41, 5.74) is 1.32. The van der Waals surface area contributed by atoms with Gasteiger partial charge >= 0.3 is 5.97 Å². The summed E-state index contributed by atoms with van der Waals surface area (Å²) in [5, 5.41) is 7.63. The monoisotopic (exact) mass is 312 g/mol. The van der Waals surface area contributed by atoms with E-state index in [1.54, 1.807) is 30.5 Å². The summed E-state index contributed by atoms with van der Waals surface area (Å²) in [6.07, 6.45) is 1.57. The van der Waals surface area contributed by atoms with Gasteiger partial charge in [0.05, 0.1) is 18.9 Å². The van der Waals surface area contributed by atoms with Crippen LogP contribution in [-0.2, 0) is 14.4 Å². The van der Waals surface area contributed by atoms with Gasteiger partial charge in [0.1, 0.15) is 7.11 Å². The molecular weight excluding hydrogens is 296 g/mol. The van der Waals surface area contributed by atoms with Crippen molar-refractivity contribution in [1.82, 2.24) is 0 Å². The van der Waals surface area contributed by atoms with Crippen molar-refractivity contribution in [2.75, 3.05) is 14.2 Å². The van der Waals surface area contributed by atoms with E-state index in [2.05, 4.69) is 10.3 Å². The SMILES string of the molecule is CON=C(C(=O)OC)c1ccccc1ON=Cc1ccccc1. The van der Waals surface area contributed by atoms with Gasteiger partial charge in [0, 0.05) is 0 Å². The lowest BCUT2D eigenvalue weighted by Crippen LogP contribution is -2.18. The molecule has 0 aliphatic carbocycles. The molecule has 2 aromatic rings. The second-order valence-electron chi connectivity index (χ2n) is 4.35. The molecule has 0 radical (unpaired) electrons. The zero-order valence-electron chi connectivity index (χ0n) is 12.8. The van der Waals surface area contributed by atoms with Gasteiger partial charge in [0.15, 0.2) is 11.5 Å². The molecule has 0 spiro atoms. The molecule has 23 heavy (non-hydrogen) atoms. The predicted octanol–water partition coefficient (Wildman–Crippen LogP) is 2.62. The van der Waals surface area contributed by atoms with Gasteiger partial charge < -0.3 is 14.4 Å². The highest BCUT2D eigenvalue weighted by Gasteiger charge is 2.20. The summed E-state index contributed by atoms with van der Waals surface area (Å²) in [5.74, 6) is -0.268. The smallest absolute Gasteiger partial charge is 0.360 e. The fraction of sp³-hybridized carbons (Fsp3) is 0.118. The highest BCUT2D eigenvalue weighted by Crippen LogP contribution is 2.20. The van der Waals surface area contributed by atoms with Crippen LogP contribution in [0.25, 0.3) is 0 Å². The molecule has 0 N–H and O–H groups in total. The van der Waals surface area contributed by atoms with Crippen LogP contribution in [0.4, 0.5) is 0 Å². The van der Waals surface area contributed by atoms with Crippen LogP contribution in [0.2, 0.25) is 0 Å². The highest BCUT2D eigenvalue weighted by molar-refractivity contribution is 6.43. The second-order valence-corrected chi connectivity index (χ2v) is 4.35. The summed E-state index contributed by atoms with van der Waals surface area (Å²) in [6.45, 7) is 0. The molecule has 0 saturated carbocycles. The van der Waals surface area contributed by atoms with Gasteiger partial charge in [0.25, 0.3) is 0 Å². The van der Waals surface area contributed by atoms with Crippen LogP contribution in [0, 0.1) is 0 Å². The number of nitrogens with zero attached hydrogens (tertiary/aromatic N) is 2. The van der Waals surface area contributed by atoms with Crippen molar-refractivity contribution in [3.8, 4) is 5.75 Å². The molecule has 0 atom stereocenters. The maximum atomic E-state index is 11.8. The van der Waals surface area contributed by atoms with Crippen molar-refractivity contribution in [3.63, 3.8) is 0 Å². The quantitative estimate of drug-likeness (QED) is 0.467. The van der Waals surface area contributed by atoms with E-state index in [1.807, 2.05) is 30.3 Å². The molecule has 0 aromatic heterocycles. The molecular formula is C17H16N2O4. The van der Waals surface area contributed by atoms with Crippen molar-refractivity contribution in [1.29, 1.82) is 0 Å². The van der Waals surface area contributed by atoms with E-state index in [-0.39, 0.29) is 5.71 Å². The van der Waals surface area contributed by atoms with E-state index in [9.17, 15) is 4.79 Å². The lowest BCUT2D eigenvalue weighted by molar-refractivity contribution is -0.132. The first-order valence-electron chi connectivity index (χ1n) is 6.80. The Morgan fingerprint density at radius 3 is 2.39 bits per heavy atom. The van der Waals surface area contributed by atoms with Gasteiger partial charge in [-0.3, -0.25) is 0 Å². The third kappa shape index (κ3) is 4.41. The van der Waals surface area contributed by atoms with Gasteiger partial charge in [-0.05, 0) is 17.7 Å². The molecule has 118 valence electrons. The molecule has 0 bridgehead atoms. The number of carbonyl (C=O) groups excluding carboxylic acids is 1. The third-order valence-electron chi connectivity index (χ3n) is 2.86. The molecule has 2 aromatic carbocycles. The Hall–Kier alpha value is -3.15. The molecule has 2 rings (SSSR count). The van der Waals surface area contributed by atoms with Gasteiger partial charge in [-0.25, -0.2) is 4.79 Å². The van der Waals surface area contributed by atoms with Crippen LogP contribution in [0.1, 0.15) is 11.1 Å². The van der Waals surface area contributed by atoms with Crippen LogP contribution >= 0.6 is 0 Å². The second kappa shape index (κ2) is 8.33. The van der Waals surface area contributed by atoms with E-state index < -0.39 is 5.97 Å². The van der Waals surface area contributed by atoms with E-state index in [4.69, 9.17) is 14.4 Å². The first kappa shape index (κ1) is 16.2. The van der Waals surface area contributed by atoms with Gasteiger partial charge in [0.2, 0.25) is 0 Å². The Kier molecular flexibility index (Phi) is 5.88. The number of carbonyl (C=O) groups is 1. The van der Waals surface area contributed by atoms with Crippen LogP contribution in [-0.4, -0.2) is 32.1 Å². The fourth-order valence-electron chi connectivity index (χ4n) is 1.81. The van der Waals surface area contributed by atoms with E-state index >= 15 is 0 Å². The molecule has 0 fully saturated rings. The van der Waals surface area contributed by atoms with Crippen molar-refractivity contribution >= 4 is 17.9 Å². The molecule has 0 amide bonds. The van der Waals surface area contributed by atoms with Crippen LogP contribution in [0.3, 0.4) is 0 Å². The number of oxime groups is 2. The van der Waals surface area contributed by atoms with Crippen LogP contribution in [0.5, 0.6) is 5.75 Å². The molecule has 0 aliphatic heterocycles. The summed E-state index contributed by atoms with van der Waals surface area (Å²) < 4.78 is 4.70. The Bertz CT molecular complexity index is 712. The Morgan fingerprint density at radius 2 is 1.70 bits per heavy atom. The molecule has 6 heteroatoms. The maximum absolute atomic E-state index is 11.8. The average molecular weight is 312 g/mol. The normalized spacial score (nSPS) is 11.3. The highest BCUT2D eigenvalue weighted by atomic mass is 16.6. The summed E-state index contributed by atoms with van der Waals surface area (Å²) in [4.78, 5) is 21.9. The third-order valence-corrected chi connectivity index (χ3v) is 2.86. The Balaban J connectivity index is 2.25. The average Bonchev–Trinajstić information content (AvgIpc) is 2.60. The maximum Gasteiger partial charge on any atom is 0.360 e. The minimum atomic E-state index is -0.630. The molecule has 6 nitrogen and oxygen atoms in total. The summed E-state index contributed by atoms with van der Waals surface area (Å²) in [7, 11) is 2.62. The number of methoxy groups -OCH3 is 1. The largest absolute Gasteiger partial charge is 0.464 e. The minimum Gasteiger partial charge on any atom is -0.464 e. The molecule has 0 heterocycles. The number of hydrogen-bond acceptors (Lipinski definition) is 6. The number of esters is 1. The molecule has 0 aliphatic rings. The fourth-order valence-corrected chi connectivity index (χ4v) is 1.81. The Morgan fingerprint density at radius 1 is 1.00 bits per heavy atom. The summed E-state index contributed by atoms with van der Waals surface area (Å²) in [6, 6.07) is 16.4. The lowest BCUT2D eigenvalue weighted by atomic mass is 10.1. The standard InChI is InChI=1S/C17H16N2O4/c1-21-17(20)16(19-22-2)14-10-6-7-11-15(14)23-18-12-13-8-4-3-5-9-13/h3-12H,1-2H3.